The Labute approximate surface area is 79.1 Å². The minimum Gasteiger partial charge on any atom is -0.306 e. The summed E-state index contributed by atoms with van der Waals surface area (Å²) in [7, 11) is 0. The Hall–Kier alpha value is -1.42. The first-order valence-corrected chi connectivity index (χ1v) is 4.69. The van der Waals surface area contributed by atoms with Crippen molar-refractivity contribution >= 4 is 11.3 Å². The van der Waals surface area contributed by atoms with Crippen LogP contribution in [0.2, 0.25) is 0 Å². The van der Waals surface area contributed by atoms with Gasteiger partial charge in [-0.05, 0) is 19.1 Å². The van der Waals surface area contributed by atoms with Gasteiger partial charge in [-0.2, -0.15) is 0 Å². The Morgan fingerprint density at radius 2 is 2.23 bits per heavy atom. The highest BCUT2D eigenvalue weighted by Crippen LogP contribution is 2.23. The maximum absolute atomic E-state index is 11.0. The van der Waals surface area contributed by atoms with Gasteiger partial charge in [-0.15, -0.1) is 11.3 Å². The lowest BCUT2D eigenvalue weighted by Crippen LogP contribution is -2.04. The molecule has 0 aliphatic carbocycles. The zero-order valence-electron chi connectivity index (χ0n) is 7.07. The number of rotatable bonds is 1. The monoisotopic (exact) mass is 192 g/mol. The molecule has 0 aromatic carbocycles. The van der Waals surface area contributed by atoms with Crippen molar-refractivity contribution < 1.29 is 0 Å². The standard InChI is InChI=1S/C9H8N2OS/c1-6-2-3-7(13-6)9-10-5-4-8(12)11-9/h2-5H,1H3,(H,10,11,12). The number of hydrogen-bond donors (Lipinski definition) is 1. The molecule has 2 aromatic heterocycles. The lowest BCUT2D eigenvalue weighted by Gasteiger charge is -1.93. The second-order valence-electron chi connectivity index (χ2n) is 2.69. The van der Waals surface area contributed by atoms with Crippen molar-refractivity contribution in [3.8, 4) is 10.7 Å². The molecule has 2 rings (SSSR count). The number of nitrogens with one attached hydrogen (secondary N) is 1. The molecular weight excluding hydrogens is 184 g/mol. The van der Waals surface area contributed by atoms with Gasteiger partial charge in [0.2, 0.25) is 0 Å². The van der Waals surface area contributed by atoms with Gasteiger partial charge in [0.05, 0.1) is 4.88 Å². The summed E-state index contributed by atoms with van der Waals surface area (Å²) in [6.07, 6.45) is 1.52. The number of H-pyrrole nitrogens is 1. The molecule has 0 spiro atoms. The van der Waals surface area contributed by atoms with Crippen molar-refractivity contribution in [2.45, 2.75) is 6.92 Å². The summed E-state index contributed by atoms with van der Waals surface area (Å²) in [6.45, 7) is 2.02. The van der Waals surface area contributed by atoms with Crippen LogP contribution < -0.4 is 5.56 Å². The van der Waals surface area contributed by atoms with Gasteiger partial charge in [-0.1, -0.05) is 0 Å². The SMILES string of the molecule is Cc1ccc(-c2nccc(=O)[nH]2)s1. The van der Waals surface area contributed by atoms with Crippen LogP contribution in [0.3, 0.4) is 0 Å². The topological polar surface area (TPSA) is 45.8 Å². The number of aryl methyl sites for hydroxylation is 1. The van der Waals surface area contributed by atoms with E-state index in [2.05, 4.69) is 9.97 Å². The molecule has 13 heavy (non-hydrogen) atoms. The van der Waals surface area contributed by atoms with E-state index in [9.17, 15) is 4.79 Å². The summed E-state index contributed by atoms with van der Waals surface area (Å²) in [5, 5.41) is 0. The third kappa shape index (κ3) is 1.67. The first kappa shape index (κ1) is 8.19. The largest absolute Gasteiger partial charge is 0.306 e. The summed E-state index contributed by atoms with van der Waals surface area (Å²) >= 11 is 1.62. The van der Waals surface area contributed by atoms with Gasteiger partial charge in [-0.25, -0.2) is 4.98 Å². The second kappa shape index (κ2) is 3.14. The van der Waals surface area contributed by atoms with Crippen LogP contribution in [0.25, 0.3) is 10.7 Å². The predicted molar refractivity (Wildman–Crippen MR) is 52.9 cm³/mol. The predicted octanol–water partition coefficient (Wildman–Crippen LogP) is 1.81. The molecule has 0 fully saturated rings. The fourth-order valence-electron chi connectivity index (χ4n) is 1.06. The average Bonchev–Trinajstić information content (AvgIpc) is 2.52. The third-order valence-electron chi connectivity index (χ3n) is 1.64. The molecular formula is C9H8N2OS. The van der Waals surface area contributed by atoms with E-state index >= 15 is 0 Å². The van der Waals surface area contributed by atoms with E-state index in [-0.39, 0.29) is 5.56 Å². The highest BCUT2D eigenvalue weighted by molar-refractivity contribution is 7.15. The molecule has 2 heterocycles. The number of aromatic nitrogens is 2. The Balaban J connectivity index is 2.52. The van der Waals surface area contributed by atoms with Crippen LogP contribution in [-0.2, 0) is 0 Å². The van der Waals surface area contributed by atoms with Gasteiger partial charge >= 0.3 is 0 Å². The van der Waals surface area contributed by atoms with E-state index in [1.54, 1.807) is 11.3 Å². The van der Waals surface area contributed by atoms with Gasteiger partial charge < -0.3 is 4.98 Å². The molecule has 0 atom stereocenters. The molecule has 4 heteroatoms. The molecule has 0 saturated carbocycles. The first-order valence-electron chi connectivity index (χ1n) is 3.88. The Morgan fingerprint density at radius 1 is 1.38 bits per heavy atom. The molecule has 3 nitrogen and oxygen atoms in total. The Bertz CT molecular complexity index is 472. The van der Waals surface area contributed by atoms with Crippen molar-refractivity contribution in [3.63, 3.8) is 0 Å². The Morgan fingerprint density at radius 3 is 2.85 bits per heavy atom. The molecule has 66 valence electrons. The molecule has 0 radical (unpaired) electrons. The fourth-order valence-corrected chi connectivity index (χ4v) is 1.88. The van der Waals surface area contributed by atoms with Crippen LogP contribution in [-0.4, -0.2) is 9.97 Å². The third-order valence-corrected chi connectivity index (χ3v) is 2.65. The van der Waals surface area contributed by atoms with E-state index in [0.29, 0.717) is 5.82 Å². The van der Waals surface area contributed by atoms with E-state index in [1.165, 1.54) is 17.1 Å². The average molecular weight is 192 g/mol. The molecule has 0 aliphatic heterocycles. The molecule has 0 unspecified atom stereocenters. The zero-order valence-corrected chi connectivity index (χ0v) is 7.89. The smallest absolute Gasteiger partial charge is 0.251 e. The lowest BCUT2D eigenvalue weighted by molar-refractivity contribution is 1.14. The maximum atomic E-state index is 11.0. The highest BCUT2D eigenvalue weighted by atomic mass is 32.1. The van der Waals surface area contributed by atoms with Crippen molar-refractivity contribution in [3.05, 3.63) is 39.6 Å². The summed E-state index contributed by atoms with van der Waals surface area (Å²) in [5.41, 5.74) is -0.115. The van der Waals surface area contributed by atoms with Gasteiger partial charge in [0.25, 0.3) is 5.56 Å². The number of thiophene rings is 1. The molecule has 0 saturated heterocycles. The quantitative estimate of drug-likeness (QED) is 0.749. The van der Waals surface area contributed by atoms with Crippen LogP contribution in [0.15, 0.2) is 29.2 Å². The lowest BCUT2D eigenvalue weighted by atomic mass is 10.4. The summed E-state index contributed by atoms with van der Waals surface area (Å²) < 4.78 is 0. The first-order chi connectivity index (χ1) is 6.25. The van der Waals surface area contributed by atoms with Crippen molar-refractivity contribution in [2.24, 2.45) is 0 Å². The molecule has 2 aromatic rings. The van der Waals surface area contributed by atoms with Gasteiger partial charge in [-0.3, -0.25) is 4.79 Å². The minimum atomic E-state index is -0.115. The van der Waals surface area contributed by atoms with Gasteiger partial charge in [0.1, 0.15) is 5.82 Å². The van der Waals surface area contributed by atoms with Crippen molar-refractivity contribution in [2.75, 3.05) is 0 Å². The van der Waals surface area contributed by atoms with Gasteiger partial charge in [0, 0.05) is 17.1 Å². The summed E-state index contributed by atoms with van der Waals surface area (Å²) in [5.74, 6) is 0.644. The Kier molecular flexibility index (Phi) is 1.98. The molecule has 0 aliphatic rings. The summed E-state index contributed by atoms with van der Waals surface area (Å²) in [6, 6.07) is 5.37. The van der Waals surface area contributed by atoms with Crippen LogP contribution in [0.1, 0.15) is 4.88 Å². The van der Waals surface area contributed by atoms with E-state index < -0.39 is 0 Å². The van der Waals surface area contributed by atoms with E-state index in [0.717, 1.165) is 4.88 Å². The fraction of sp³-hybridized carbons (Fsp3) is 0.111. The second-order valence-corrected chi connectivity index (χ2v) is 3.98. The van der Waals surface area contributed by atoms with Crippen LogP contribution in [0.4, 0.5) is 0 Å². The van der Waals surface area contributed by atoms with E-state index in [1.807, 2.05) is 19.1 Å². The van der Waals surface area contributed by atoms with Crippen LogP contribution in [0.5, 0.6) is 0 Å². The van der Waals surface area contributed by atoms with Gasteiger partial charge in [0.15, 0.2) is 0 Å². The molecule has 1 N–H and O–H groups in total. The van der Waals surface area contributed by atoms with Crippen LogP contribution in [0, 0.1) is 6.92 Å². The van der Waals surface area contributed by atoms with E-state index in [4.69, 9.17) is 0 Å². The number of aromatic amines is 1. The zero-order chi connectivity index (χ0) is 9.26. The highest BCUT2D eigenvalue weighted by Gasteiger charge is 2.01. The normalized spacial score (nSPS) is 10.2. The molecule has 0 bridgehead atoms. The summed E-state index contributed by atoms with van der Waals surface area (Å²) in [4.78, 5) is 19.9. The number of nitrogens with zero attached hydrogens (tertiary/aromatic N) is 1. The van der Waals surface area contributed by atoms with Crippen molar-refractivity contribution in [1.82, 2.24) is 9.97 Å². The molecule has 0 amide bonds. The van der Waals surface area contributed by atoms with Crippen LogP contribution >= 0.6 is 11.3 Å². The minimum absolute atomic E-state index is 0.115. The number of hydrogen-bond acceptors (Lipinski definition) is 3. The maximum Gasteiger partial charge on any atom is 0.251 e. The van der Waals surface area contributed by atoms with Crippen molar-refractivity contribution in [1.29, 1.82) is 0 Å².